The molecule has 7 heteroatoms. The van der Waals surface area contributed by atoms with Crippen molar-refractivity contribution in [3.63, 3.8) is 0 Å². The van der Waals surface area contributed by atoms with Crippen LogP contribution in [0.25, 0.3) is 15.9 Å². The summed E-state index contributed by atoms with van der Waals surface area (Å²) >= 11 is 3.25. The third-order valence-corrected chi connectivity index (χ3v) is 6.97. The summed E-state index contributed by atoms with van der Waals surface area (Å²) in [7, 11) is 1.68. The van der Waals surface area contributed by atoms with Crippen LogP contribution < -0.4 is 10.3 Å². The van der Waals surface area contributed by atoms with Crippen LogP contribution in [0.5, 0.6) is 5.75 Å². The predicted molar refractivity (Wildman–Crippen MR) is 116 cm³/mol. The summed E-state index contributed by atoms with van der Waals surface area (Å²) < 4.78 is 12.5. The maximum absolute atomic E-state index is 13.6. The Bertz CT molecular complexity index is 1020. The molecule has 0 amide bonds. The standard InChI is InChI=1S/C21H24N2O3S2/c1-3-26-15-10-8-14(9-11-15)23-20(24)18-16-6-4-5-7-17(16)28-19(18)22-21(23)27-13-12-25-2/h8-11H,3-7,12-13H2,1-2H3. The normalized spacial score (nSPS) is 13.6. The molecule has 1 aliphatic rings. The number of hydrogen-bond donors (Lipinski definition) is 0. The van der Waals surface area contributed by atoms with Crippen molar-refractivity contribution in [2.24, 2.45) is 0 Å². The second-order valence-electron chi connectivity index (χ2n) is 6.69. The maximum Gasteiger partial charge on any atom is 0.267 e. The van der Waals surface area contributed by atoms with Crippen LogP contribution in [-0.4, -0.2) is 35.6 Å². The van der Waals surface area contributed by atoms with E-state index in [0.29, 0.717) is 13.2 Å². The lowest BCUT2D eigenvalue weighted by Gasteiger charge is -2.14. The average Bonchev–Trinajstić information content (AvgIpc) is 3.08. The van der Waals surface area contributed by atoms with Crippen molar-refractivity contribution in [1.29, 1.82) is 0 Å². The average molecular weight is 417 g/mol. The number of fused-ring (bicyclic) bond motifs is 3. The molecule has 3 aromatic rings. The first-order valence-corrected chi connectivity index (χ1v) is 11.5. The van der Waals surface area contributed by atoms with Gasteiger partial charge in [0.05, 0.1) is 24.3 Å². The molecule has 0 bridgehead atoms. The van der Waals surface area contributed by atoms with E-state index in [4.69, 9.17) is 14.5 Å². The monoisotopic (exact) mass is 416 g/mol. The van der Waals surface area contributed by atoms with E-state index in [0.717, 1.165) is 51.8 Å². The number of ether oxygens (including phenoxy) is 2. The number of rotatable bonds is 7. The van der Waals surface area contributed by atoms with Gasteiger partial charge < -0.3 is 9.47 Å². The van der Waals surface area contributed by atoms with Crippen LogP contribution in [0.15, 0.2) is 34.2 Å². The van der Waals surface area contributed by atoms with E-state index in [1.165, 1.54) is 16.9 Å². The summed E-state index contributed by atoms with van der Waals surface area (Å²) in [6.45, 7) is 3.19. The van der Waals surface area contributed by atoms with E-state index in [2.05, 4.69) is 0 Å². The summed E-state index contributed by atoms with van der Waals surface area (Å²) in [5.41, 5.74) is 2.07. The number of nitrogens with zero attached hydrogens (tertiary/aromatic N) is 2. The zero-order valence-electron chi connectivity index (χ0n) is 16.2. The van der Waals surface area contributed by atoms with Gasteiger partial charge in [0.15, 0.2) is 5.16 Å². The SMILES string of the molecule is CCOc1ccc(-n2c(SCCOC)nc3sc4c(c3c2=O)CCCC4)cc1. The van der Waals surface area contributed by atoms with Crippen LogP contribution in [0.3, 0.4) is 0 Å². The van der Waals surface area contributed by atoms with E-state index in [-0.39, 0.29) is 5.56 Å². The quantitative estimate of drug-likeness (QED) is 0.323. The molecule has 0 saturated heterocycles. The summed E-state index contributed by atoms with van der Waals surface area (Å²) in [5.74, 6) is 1.55. The van der Waals surface area contributed by atoms with E-state index in [1.54, 1.807) is 34.8 Å². The van der Waals surface area contributed by atoms with Crippen molar-refractivity contribution in [1.82, 2.24) is 9.55 Å². The fraction of sp³-hybridized carbons (Fsp3) is 0.429. The Morgan fingerprint density at radius 3 is 2.75 bits per heavy atom. The third-order valence-electron chi connectivity index (χ3n) is 4.88. The predicted octanol–water partition coefficient (Wildman–Crippen LogP) is 4.46. The summed E-state index contributed by atoms with van der Waals surface area (Å²) in [4.78, 5) is 20.7. The largest absolute Gasteiger partial charge is 0.494 e. The molecule has 1 aromatic carbocycles. The fourth-order valence-corrected chi connectivity index (χ4v) is 5.80. The molecule has 0 atom stereocenters. The molecule has 2 heterocycles. The number of benzene rings is 1. The minimum Gasteiger partial charge on any atom is -0.494 e. The molecular formula is C21H24N2O3S2. The molecule has 28 heavy (non-hydrogen) atoms. The Morgan fingerprint density at radius 2 is 2.00 bits per heavy atom. The number of aryl methyl sites for hydroxylation is 2. The Morgan fingerprint density at radius 1 is 1.21 bits per heavy atom. The van der Waals surface area contributed by atoms with Crippen LogP contribution in [0.1, 0.15) is 30.2 Å². The molecular weight excluding hydrogens is 392 g/mol. The van der Waals surface area contributed by atoms with Crippen LogP contribution in [0.4, 0.5) is 0 Å². The van der Waals surface area contributed by atoms with Crippen molar-refractivity contribution in [2.45, 2.75) is 37.8 Å². The fourth-order valence-electron chi connectivity index (χ4n) is 3.59. The number of methoxy groups -OCH3 is 1. The first kappa shape index (κ1) is 19.5. The van der Waals surface area contributed by atoms with E-state index >= 15 is 0 Å². The zero-order chi connectivity index (χ0) is 19.5. The molecule has 5 nitrogen and oxygen atoms in total. The molecule has 0 N–H and O–H groups in total. The number of aromatic nitrogens is 2. The summed E-state index contributed by atoms with van der Waals surface area (Å²) in [6, 6.07) is 7.67. The lowest BCUT2D eigenvalue weighted by atomic mass is 9.97. The van der Waals surface area contributed by atoms with Crippen molar-refractivity contribution in [3.8, 4) is 11.4 Å². The molecule has 0 saturated carbocycles. The molecule has 0 radical (unpaired) electrons. The van der Waals surface area contributed by atoms with Crippen molar-refractivity contribution in [2.75, 3.05) is 26.1 Å². The Hall–Kier alpha value is -1.83. The smallest absolute Gasteiger partial charge is 0.267 e. The lowest BCUT2D eigenvalue weighted by molar-refractivity contribution is 0.218. The zero-order valence-corrected chi connectivity index (χ0v) is 17.8. The highest BCUT2D eigenvalue weighted by atomic mass is 32.2. The molecule has 0 aliphatic heterocycles. The highest BCUT2D eigenvalue weighted by Gasteiger charge is 2.22. The minimum absolute atomic E-state index is 0.0356. The molecule has 1 aliphatic carbocycles. The first-order chi connectivity index (χ1) is 13.7. The van der Waals surface area contributed by atoms with Crippen LogP contribution >= 0.6 is 23.1 Å². The number of thioether (sulfide) groups is 1. The van der Waals surface area contributed by atoms with Crippen molar-refractivity contribution >= 4 is 33.3 Å². The Labute approximate surface area is 172 Å². The summed E-state index contributed by atoms with van der Waals surface area (Å²) in [6.07, 6.45) is 4.38. The van der Waals surface area contributed by atoms with Crippen LogP contribution in [-0.2, 0) is 17.6 Å². The van der Waals surface area contributed by atoms with Crippen LogP contribution in [0.2, 0.25) is 0 Å². The molecule has 0 spiro atoms. The van der Waals surface area contributed by atoms with E-state index < -0.39 is 0 Å². The second-order valence-corrected chi connectivity index (χ2v) is 8.84. The number of hydrogen-bond acceptors (Lipinski definition) is 6. The third kappa shape index (κ3) is 3.71. The number of thiophene rings is 1. The van der Waals surface area contributed by atoms with Gasteiger partial charge in [0.2, 0.25) is 0 Å². The maximum atomic E-state index is 13.6. The van der Waals surface area contributed by atoms with Crippen LogP contribution in [0, 0.1) is 0 Å². The van der Waals surface area contributed by atoms with Gasteiger partial charge in [-0.15, -0.1) is 11.3 Å². The molecule has 0 unspecified atom stereocenters. The highest BCUT2D eigenvalue weighted by Crippen LogP contribution is 2.35. The molecule has 0 fully saturated rings. The van der Waals surface area contributed by atoms with E-state index in [1.807, 2.05) is 31.2 Å². The van der Waals surface area contributed by atoms with Gasteiger partial charge in [-0.25, -0.2) is 4.98 Å². The minimum atomic E-state index is 0.0356. The van der Waals surface area contributed by atoms with E-state index in [9.17, 15) is 4.79 Å². The highest BCUT2D eigenvalue weighted by molar-refractivity contribution is 7.99. The first-order valence-electron chi connectivity index (χ1n) is 9.65. The van der Waals surface area contributed by atoms with Gasteiger partial charge in [-0.05, 0) is 62.4 Å². The van der Waals surface area contributed by atoms with Gasteiger partial charge in [0.25, 0.3) is 5.56 Å². The van der Waals surface area contributed by atoms with Crippen molar-refractivity contribution < 1.29 is 9.47 Å². The van der Waals surface area contributed by atoms with Gasteiger partial charge in [0, 0.05) is 17.7 Å². The lowest BCUT2D eigenvalue weighted by Crippen LogP contribution is -2.22. The van der Waals surface area contributed by atoms with Gasteiger partial charge in [-0.3, -0.25) is 9.36 Å². The molecule has 148 valence electrons. The van der Waals surface area contributed by atoms with Gasteiger partial charge in [-0.1, -0.05) is 11.8 Å². The Kier molecular flexibility index (Phi) is 6.04. The van der Waals surface area contributed by atoms with Gasteiger partial charge in [0.1, 0.15) is 10.6 Å². The summed E-state index contributed by atoms with van der Waals surface area (Å²) in [5, 5.41) is 1.53. The van der Waals surface area contributed by atoms with Gasteiger partial charge in [-0.2, -0.15) is 0 Å². The topological polar surface area (TPSA) is 53.4 Å². The molecule has 4 rings (SSSR count). The second kappa shape index (κ2) is 8.68. The van der Waals surface area contributed by atoms with Gasteiger partial charge >= 0.3 is 0 Å². The van der Waals surface area contributed by atoms with Crippen molar-refractivity contribution in [3.05, 3.63) is 45.1 Å². The Balaban J connectivity index is 1.86. The molecule has 2 aromatic heterocycles.